The summed E-state index contributed by atoms with van der Waals surface area (Å²) < 4.78 is 7.14. The lowest BCUT2D eigenvalue weighted by molar-refractivity contribution is -0.142. The second kappa shape index (κ2) is 5.59. The van der Waals surface area contributed by atoms with Gasteiger partial charge in [-0.25, -0.2) is 9.78 Å². The minimum atomic E-state index is -0.991. The molecule has 0 saturated carbocycles. The monoisotopic (exact) mass is 282 g/mol. The van der Waals surface area contributed by atoms with Crippen LogP contribution in [0.3, 0.4) is 0 Å². The summed E-state index contributed by atoms with van der Waals surface area (Å²) in [6.07, 6.45) is 0. The standard InChI is InChI=1S/C13H15ClN2O3/c1-8(2)16-11-4-3-9(14)5-10(11)15-12(16)6-19-7-13(17)18/h3-5,8H,6-7H2,1-2H3,(H,17,18). The molecule has 1 aromatic heterocycles. The number of halogens is 1. The number of carbonyl (C=O) groups is 1. The van der Waals surface area contributed by atoms with E-state index in [0.29, 0.717) is 10.8 Å². The summed E-state index contributed by atoms with van der Waals surface area (Å²) in [5, 5.41) is 9.20. The molecule has 2 rings (SSSR count). The van der Waals surface area contributed by atoms with Gasteiger partial charge in [-0.15, -0.1) is 0 Å². The molecule has 19 heavy (non-hydrogen) atoms. The van der Waals surface area contributed by atoms with Crippen molar-refractivity contribution in [2.24, 2.45) is 0 Å². The van der Waals surface area contributed by atoms with Crippen molar-refractivity contribution in [1.29, 1.82) is 0 Å². The number of hydrogen-bond donors (Lipinski definition) is 1. The second-order valence-electron chi connectivity index (χ2n) is 4.51. The number of imidazole rings is 1. The summed E-state index contributed by atoms with van der Waals surface area (Å²) in [5.74, 6) is -0.288. The SMILES string of the molecule is CC(C)n1c(COCC(=O)O)nc2cc(Cl)ccc21. The van der Waals surface area contributed by atoms with Gasteiger partial charge in [-0.05, 0) is 32.0 Å². The first kappa shape index (κ1) is 13.8. The first-order valence-corrected chi connectivity index (χ1v) is 6.32. The van der Waals surface area contributed by atoms with Crippen LogP contribution in [0.5, 0.6) is 0 Å². The number of benzene rings is 1. The van der Waals surface area contributed by atoms with Gasteiger partial charge < -0.3 is 14.4 Å². The lowest BCUT2D eigenvalue weighted by Crippen LogP contribution is -2.11. The molecule has 0 spiro atoms. The zero-order valence-corrected chi connectivity index (χ0v) is 11.5. The van der Waals surface area contributed by atoms with E-state index in [-0.39, 0.29) is 19.3 Å². The van der Waals surface area contributed by atoms with Crippen molar-refractivity contribution < 1.29 is 14.6 Å². The van der Waals surface area contributed by atoms with E-state index in [1.54, 1.807) is 6.07 Å². The molecule has 0 radical (unpaired) electrons. The molecule has 5 nitrogen and oxygen atoms in total. The molecule has 1 heterocycles. The maximum atomic E-state index is 10.5. The van der Waals surface area contributed by atoms with E-state index in [1.807, 2.05) is 30.5 Å². The number of aliphatic carboxylic acids is 1. The minimum Gasteiger partial charge on any atom is -0.480 e. The normalized spacial score (nSPS) is 11.4. The molecule has 0 fully saturated rings. The van der Waals surface area contributed by atoms with Gasteiger partial charge in [-0.1, -0.05) is 11.6 Å². The predicted octanol–water partition coefficient (Wildman–Crippen LogP) is 2.87. The number of ether oxygens (including phenoxy) is 1. The molecule has 0 atom stereocenters. The van der Waals surface area contributed by atoms with Crippen LogP contribution in [0.1, 0.15) is 25.7 Å². The van der Waals surface area contributed by atoms with E-state index >= 15 is 0 Å². The van der Waals surface area contributed by atoms with Crippen LogP contribution in [0, 0.1) is 0 Å². The zero-order valence-electron chi connectivity index (χ0n) is 10.8. The van der Waals surface area contributed by atoms with Gasteiger partial charge in [-0.3, -0.25) is 0 Å². The first-order valence-electron chi connectivity index (χ1n) is 5.95. The molecule has 0 unspecified atom stereocenters. The fraction of sp³-hybridized carbons (Fsp3) is 0.385. The van der Waals surface area contributed by atoms with Crippen LogP contribution in [0.4, 0.5) is 0 Å². The highest BCUT2D eigenvalue weighted by Gasteiger charge is 2.14. The van der Waals surface area contributed by atoms with Crippen molar-refractivity contribution in [2.75, 3.05) is 6.61 Å². The Morgan fingerprint density at radius 2 is 2.26 bits per heavy atom. The molecule has 6 heteroatoms. The molecule has 1 aromatic carbocycles. The van der Waals surface area contributed by atoms with Gasteiger partial charge in [-0.2, -0.15) is 0 Å². The van der Waals surface area contributed by atoms with Crippen LogP contribution in [-0.2, 0) is 16.1 Å². The molecule has 102 valence electrons. The number of fused-ring (bicyclic) bond motifs is 1. The maximum absolute atomic E-state index is 10.5. The summed E-state index contributed by atoms with van der Waals surface area (Å²) in [6, 6.07) is 5.71. The number of nitrogens with zero attached hydrogens (tertiary/aromatic N) is 2. The third-order valence-electron chi connectivity index (χ3n) is 2.70. The van der Waals surface area contributed by atoms with E-state index in [2.05, 4.69) is 4.98 Å². The van der Waals surface area contributed by atoms with Crippen molar-refractivity contribution in [3.63, 3.8) is 0 Å². The average Bonchev–Trinajstić information content (AvgIpc) is 2.65. The van der Waals surface area contributed by atoms with Gasteiger partial charge >= 0.3 is 5.97 Å². The fourth-order valence-corrected chi connectivity index (χ4v) is 2.20. The van der Waals surface area contributed by atoms with E-state index in [9.17, 15) is 4.79 Å². The third-order valence-corrected chi connectivity index (χ3v) is 2.93. The lowest BCUT2D eigenvalue weighted by atomic mass is 10.3. The number of rotatable bonds is 5. The molecule has 0 aliphatic carbocycles. The Balaban J connectivity index is 2.36. The van der Waals surface area contributed by atoms with Crippen molar-refractivity contribution in [3.05, 3.63) is 29.0 Å². The summed E-state index contributed by atoms with van der Waals surface area (Å²) >= 11 is 5.95. The molecule has 0 aliphatic heterocycles. The molecule has 0 bridgehead atoms. The van der Waals surface area contributed by atoms with Crippen molar-refractivity contribution in [1.82, 2.24) is 9.55 Å². The maximum Gasteiger partial charge on any atom is 0.329 e. The lowest BCUT2D eigenvalue weighted by Gasteiger charge is -2.12. The molecular weight excluding hydrogens is 268 g/mol. The number of carboxylic acids is 1. The van der Waals surface area contributed by atoms with Crippen LogP contribution in [-0.4, -0.2) is 27.2 Å². The Hall–Kier alpha value is -1.59. The fourth-order valence-electron chi connectivity index (χ4n) is 2.03. The molecule has 0 saturated heterocycles. The Labute approximate surface area is 115 Å². The van der Waals surface area contributed by atoms with Gasteiger partial charge in [0.2, 0.25) is 0 Å². The van der Waals surface area contributed by atoms with Crippen LogP contribution in [0.2, 0.25) is 5.02 Å². The van der Waals surface area contributed by atoms with Crippen molar-refractivity contribution in [3.8, 4) is 0 Å². The summed E-state index contributed by atoms with van der Waals surface area (Å²) in [5.41, 5.74) is 1.75. The number of aromatic nitrogens is 2. The second-order valence-corrected chi connectivity index (χ2v) is 4.95. The van der Waals surface area contributed by atoms with Gasteiger partial charge in [0.05, 0.1) is 11.0 Å². The van der Waals surface area contributed by atoms with Gasteiger partial charge in [0.1, 0.15) is 19.0 Å². The van der Waals surface area contributed by atoms with Crippen LogP contribution < -0.4 is 0 Å². The summed E-state index contributed by atoms with van der Waals surface area (Å²) in [6.45, 7) is 3.91. The minimum absolute atomic E-state index is 0.163. The van der Waals surface area contributed by atoms with Crippen molar-refractivity contribution in [2.45, 2.75) is 26.5 Å². The summed E-state index contributed by atoms with van der Waals surface area (Å²) in [7, 11) is 0. The van der Waals surface area contributed by atoms with E-state index in [1.165, 1.54) is 0 Å². The van der Waals surface area contributed by atoms with E-state index in [0.717, 1.165) is 11.0 Å². The van der Waals surface area contributed by atoms with E-state index < -0.39 is 5.97 Å². The third kappa shape index (κ3) is 3.05. The average molecular weight is 283 g/mol. The predicted molar refractivity (Wildman–Crippen MR) is 72.4 cm³/mol. The topological polar surface area (TPSA) is 64.3 Å². The molecule has 1 N–H and O–H groups in total. The van der Waals surface area contributed by atoms with Gasteiger partial charge in [0.25, 0.3) is 0 Å². The summed E-state index contributed by atoms with van der Waals surface area (Å²) in [4.78, 5) is 14.9. The molecule has 2 aromatic rings. The molecule has 0 amide bonds. The highest BCUT2D eigenvalue weighted by molar-refractivity contribution is 6.31. The van der Waals surface area contributed by atoms with Gasteiger partial charge in [0.15, 0.2) is 0 Å². The quantitative estimate of drug-likeness (QED) is 0.916. The zero-order chi connectivity index (χ0) is 14.0. The highest BCUT2D eigenvalue weighted by Crippen LogP contribution is 2.24. The number of carboxylic acid groups (broad SMARTS) is 1. The smallest absolute Gasteiger partial charge is 0.329 e. The molecule has 0 aliphatic rings. The molecular formula is C13H15ClN2O3. The largest absolute Gasteiger partial charge is 0.480 e. The van der Waals surface area contributed by atoms with Crippen LogP contribution in [0.25, 0.3) is 11.0 Å². The highest BCUT2D eigenvalue weighted by atomic mass is 35.5. The first-order chi connectivity index (χ1) is 8.99. The van der Waals surface area contributed by atoms with E-state index in [4.69, 9.17) is 21.4 Å². The Bertz CT molecular complexity index is 607. The van der Waals surface area contributed by atoms with Crippen molar-refractivity contribution >= 4 is 28.6 Å². The van der Waals surface area contributed by atoms with Crippen LogP contribution >= 0.6 is 11.6 Å². The van der Waals surface area contributed by atoms with Crippen LogP contribution in [0.15, 0.2) is 18.2 Å². The number of hydrogen-bond acceptors (Lipinski definition) is 3. The Kier molecular flexibility index (Phi) is 4.07. The Morgan fingerprint density at radius 1 is 1.53 bits per heavy atom. The Morgan fingerprint density at radius 3 is 2.89 bits per heavy atom. The van der Waals surface area contributed by atoms with Gasteiger partial charge in [0, 0.05) is 11.1 Å².